The summed E-state index contributed by atoms with van der Waals surface area (Å²) in [6.45, 7) is 10.8. The summed E-state index contributed by atoms with van der Waals surface area (Å²) in [4.78, 5) is 0. The molecule has 0 bridgehead atoms. The second-order valence-electron chi connectivity index (χ2n) is 5.29. The van der Waals surface area contributed by atoms with Crippen LogP contribution in [-0.4, -0.2) is 5.11 Å². The summed E-state index contributed by atoms with van der Waals surface area (Å²) in [6, 6.07) is 6.53. The number of aryl methyl sites for hydroxylation is 2. The molecule has 0 spiro atoms. The Labute approximate surface area is 106 Å². The van der Waals surface area contributed by atoms with Gasteiger partial charge in [0.1, 0.15) is 0 Å². The zero-order valence-corrected chi connectivity index (χ0v) is 11.8. The molecule has 0 saturated heterocycles. The molecule has 0 amide bonds. The first kappa shape index (κ1) is 14.2. The summed E-state index contributed by atoms with van der Waals surface area (Å²) < 4.78 is 0. The Balaban J connectivity index is 3.09. The Morgan fingerprint density at radius 3 is 2.18 bits per heavy atom. The van der Waals surface area contributed by atoms with Crippen LogP contribution in [-0.2, 0) is 12.8 Å². The van der Waals surface area contributed by atoms with Crippen LogP contribution in [0, 0.1) is 11.8 Å². The van der Waals surface area contributed by atoms with Crippen LogP contribution in [0.5, 0.6) is 0 Å². The molecule has 2 unspecified atom stereocenters. The van der Waals surface area contributed by atoms with Gasteiger partial charge >= 0.3 is 0 Å². The molecule has 0 aliphatic heterocycles. The number of aliphatic hydroxyl groups is 1. The van der Waals surface area contributed by atoms with Gasteiger partial charge < -0.3 is 5.11 Å². The molecule has 0 heterocycles. The summed E-state index contributed by atoms with van der Waals surface area (Å²) in [7, 11) is 0. The molecule has 2 atom stereocenters. The van der Waals surface area contributed by atoms with Crippen molar-refractivity contribution in [2.45, 2.75) is 53.6 Å². The smallest absolute Gasteiger partial charge is 0.0820 e. The van der Waals surface area contributed by atoms with Gasteiger partial charge in [0.05, 0.1) is 6.10 Å². The average Bonchev–Trinajstić information content (AvgIpc) is 2.35. The summed E-state index contributed by atoms with van der Waals surface area (Å²) >= 11 is 0. The van der Waals surface area contributed by atoms with Crippen molar-refractivity contribution in [3.05, 3.63) is 34.9 Å². The fourth-order valence-electron chi connectivity index (χ4n) is 2.11. The van der Waals surface area contributed by atoms with Gasteiger partial charge in [-0.25, -0.2) is 0 Å². The SMILES string of the molecule is CCc1ccc(CC)c(C(O)C(C)C(C)C)c1. The minimum atomic E-state index is -0.337. The Hall–Kier alpha value is -0.820. The Kier molecular flexibility index (Phi) is 5.20. The highest BCUT2D eigenvalue weighted by atomic mass is 16.3. The first-order valence-electron chi connectivity index (χ1n) is 6.80. The van der Waals surface area contributed by atoms with Crippen LogP contribution in [0.3, 0.4) is 0 Å². The lowest BCUT2D eigenvalue weighted by atomic mass is 9.85. The molecule has 0 radical (unpaired) electrons. The van der Waals surface area contributed by atoms with Crippen LogP contribution in [0.2, 0.25) is 0 Å². The molecule has 1 nitrogen and oxygen atoms in total. The minimum Gasteiger partial charge on any atom is -0.388 e. The van der Waals surface area contributed by atoms with E-state index in [2.05, 4.69) is 52.8 Å². The Bertz CT molecular complexity index is 355. The first-order valence-corrected chi connectivity index (χ1v) is 6.80. The van der Waals surface area contributed by atoms with E-state index in [-0.39, 0.29) is 6.10 Å². The normalized spacial score (nSPS) is 15.0. The largest absolute Gasteiger partial charge is 0.388 e. The van der Waals surface area contributed by atoms with Crippen molar-refractivity contribution in [3.63, 3.8) is 0 Å². The highest BCUT2D eigenvalue weighted by molar-refractivity contribution is 5.34. The molecule has 1 aromatic carbocycles. The van der Waals surface area contributed by atoms with Crippen LogP contribution in [0.4, 0.5) is 0 Å². The van der Waals surface area contributed by atoms with Gasteiger partial charge in [0, 0.05) is 0 Å². The van der Waals surface area contributed by atoms with Gasteiger partial charge in [-0.3, -0.25) is 0 Å². The summed E-state index contributed by atoms with van der Waals surface area (Å²) in [5.41, 5.74) is 3.72. The number of rotatable bonds is 5. The predicted molar refractivity (Wildman–Crippen MR) is 74.2 cm³/mol. The number of aliphatic hydroxyl groups excluding tert-OH is 1. The van der Waals surface area contributed by atoms with E-state index in [1.165, 1.54) is 11.1 Å². The van der Waals surface area contributed by atoms with Crippen molar-refractivity contribution in [1.82, 2.24) is 0 Å². The lowest BCUT2D eigenvalue weighted by molar-refractivity contribution is 0.0913. The van der Waals surface area contributed by atoms with E-state index in [1.54, 1.807) is 0 Å². The summed E-state index contributed by atoms with van der Waals surface area (Å²) in [5.74, 6) is 0.799. The third kappa shape index (κ3) is 3.32. The number of benzene rings is 1. The van der Waals surface area contributed by atoms with Crippen molar-refractivity contribution >= 4 is 0 Å². The maximum absolute atomic E-state index is 10.5. The lowest BCUT2D eigenvalue weighted by Crippen LogP contribution is -2.16. The van der Waals surface area contributed by atoms with E-state index in [9.17, 15) is 5.11 Å². The van der Waals surface area contributed by atoms with Crippen LogP contribution in [0.1, 0.15) is 57.4 Å². The van der Waals surface area contributed by atoms with Crippen molar-refractivity contribution in [2.75, 3.05) is 0 Å². The van der Waals surface area contributed by atoms with Crippen molar-refractivity contribution < 1.29 is 5.11 Å². The monoisotopic (exact) mass is 234 g/mol. The topological polar surface area (TPSA) is 20.2 Å². The molecule has 0 aliphatic carbocycles. The van der Waals surface area contributed by atoms with Crippen molar-refractivity contribution in [3.8, 4) is 0 Å². The molecule has 17 heavy (non-hydrogen) atoms. The van der Waals surface area contributed by atoms with E-state index in [1.807, 2.05) is 0 Å². The zero-order valence-electron chi connectivity index (χ0n) is 11.8. The third-order valence-electron chi connectivity index (χ3n) is 3.87. The standard InChI is InChI=1S/C16H26O/c1-6-13-8-9-14(7-2)15(10-13)16(17)12(5)11(3)4/h8-12,16-17H,6-7H2,1-5H3. The van der Waals surface area contributed by atoms with Crippen molar-refractivity contribution in [2.24, 2.45) is 11.8 Å². The predicted octanol–water partition coefficient (Wildman–Crippen LogP) is 4.14. The quantitative estimate of drug-likeness (QED) is 0.812. The van der Waals surface area contributed by atoms with E-state index in [0.717, 1.165) is 18.4 Å². The molecular weight excluding hydrogens is 208 g/mol. The summed E-state index contributed by atoms with van der Waals surface area (Å²) in [6.07, 6.45) is 1.68. The van der Waals surface area contributed by atoms with E-state index in [0.29, 0.717) is 11.8 Å². The third-order valence-corrected chi connectivity index (χ3v) is 3.87. The summed E-state index contributed by atoms with van der Waals surface area (Å²) in [5, 5.41) is 10.5. The van der Waals surface area contributed by atoms with Gasteiger partial charge in [0.25, 0.3) is 0 Å². The molecule has 96 valence electrons. The fourth-order valence-corrected chi connectivity index (χ4v) is 2.11. The molecule has 0 saturated carbocycles. The van der Waals surface area contributed by atoms with E-state index < -0.39 is 0 Å². The van der Waals surface area contributed by atoms with Crippen LogP contribution >= 0.6 is 0 Å². The van der Waals surface area contributed by atoms with Gasteiger partial charge in [-0.15, -0.1) is 0 Å². The molecule has 1 heteroatoms. The van der Waals surface area contributed by atoms with Crippen LogP contribution in [0.15, 0.2) is 18.2 Å². The molecule has 0 fully saturated rings. The fraction of sp³-hybridized carbons (Fsp3) is 0.625. The number of hydrogen-bond donors (Lipinski definition) is 1. The minimum absolute atomic E-state index is 0.299. The second-order valence-corrected chi connectivity index (χ2v) is 5.29. The highest BCUT2D eigenvalue weighted by Crippen LogP contribution is 2.30. The first-order chi connectivity index (χ1) is 8.01. The van der Waals surface area contributed by atoms with Crippen LogP contribution in [0.25, 0.3) is 0 Å². The highest BCUT2D eigenvalue weighted by Gasteiger charge is 2.21. The van der Waals surface area contributed by atoms with Crippen LogP contribution < -0.4 is 0 Å². The van der Waals surface area contributed by atoms with Gasteiger partial charge in [0.2, 0.25) is 0 Å². The molecule has 0 aromatic heterocycles. The molecule has 1 aromatic rings. The second kappa shape index (κ2) is 6.20. The Morgan fingerprint density at radius 2 is 1.71 bits per heavy atom. The molecular formula is C16H26O. The van der Waals surface area contributed by atoms with Crippen molar-refractivity contribution in [1.29, 1.82) is 0 Å². The lowest BCUT2D eigenvalue weighted by Gasteiger charge is -2.25. The molecule has 0 aliphatic rings. The van der Waals surface area contributed by atoms with Gasteiger partial charge in [-0.05, 0) is 41.4 Å². The maximum atomic E-state index is 10.5. The molecule has 1 N–H and O–H groups in total. The van der Waals surface area contributed by atoms with E-state index >= 15 is 0 Å². The number of hydrogen-bond acceptors (Lipinski definition) is 1. The molecule has 1 rings (SSSR count). The Morgan fingerprint density at radius 1 is 1.06 bits per heavy atom. The van der Waals surface area contributed by atoms with E-state index in [4.69, 9.17) is 0 Å². The van der Waals surface area contributed by atoms with Gasteiger partial charge in [0.15, 0.2) is 0 Å². The average molecular weight is 234 g/mol. The maximum Gasteiger partial charge on any atom is 0.0820 e. The zero-order chi connectivity index (χ0) is 13.0. The van der Waals surface area contributed by atoms with Gasteiger partial charge in [-0.2, -0.15) is 0 Å². The van der Waals surface area contributed by atoms with Gasteiger partial charge in [-0.1, -0.05) is 52.8 Å².